The predicted molar refractivity (Wildman–Crippen MR) is 56.9 cm³/mol. The van der Waals surface area contributed by atoms with Crippen LogP contribution in [0.5, 0.6) is 0 Å². The minimum absolute atomic E-state index is 0.261. The van der Waals surface area contributed by atoms with Crippen molar-refractivity contribution in [3.63, 3.8) is 0 Å². The van der Waals surface area contributed by atoms with Crippen molar-refractivity contribution < 1.29 is 17.6 Å². The summed E-state index contributed by atoms with van der Waals surface area (Å²) in [5, 5.41) is 0. The van der Waals surface area contributed by atoms with Crippen LogP contribution in [0.15, 0.2) is 0 Å². The van der Waals surface area contributed by atoms with Crippen LogP contribution in [0.3, 0.4) is 0 Å². The summed E-state index contributed by atoms with van der Waals surface area (Å²) in [5.74, 6) is -6.12. The van der Waals surface area contributed by atoms with Crippen molar-refractivity contribution in [3.05, 3.63) is 23.5 Å². The molecule has 0 radical (unpaired) electrons. The number of aromatic nitrogens is 1. The van der Waals surface area contributed by atoms with Crippen LogP contribution in [0.25, 0.3) is 0 Å². The molecular formula is C11H14F4N2. The topological polar surface area (TPSA) is 16.1 Å². The second-order valence-corrected chi connectivity index (χ2v) is 3.60. The van der Waals surface area contributed by atoms with Gasteiger partial charge in [0, 0.05) is 13.1 Å². The number of nitrogens with zero attached hydrogens (tertiary/aromatic N) is 2. The highest BCUT2D eigenvalue weighted by Gasteiger charge is 2.24. The molecule has 0 spiro atoms. The molecule has 0 saturated heterocycles. The van der Waals surface area contributed by atoms with Gasteiger partial charge in [-0.05, 0) is 13.3 Å². The fourth-order valence-corrected chi connectivity index (χ4v) is 1.53. The third kappa shape index (κ3) is 2.87. The number of unbranched alkanes of at least 4 members (excludes halogenated alkanes) is 1. The summed E-state index contributed by atoms with van der Waals surface area (Å²) in [6, 6.07) is 0. The van der Waals surface area contributed by atoms with E-state index in [2.05, 4.69) is 4.98 Å². The molecule has 0 fully saturated rings. The molecule has 0 aliphatic rings. The van der Waals surface area contributed by atoms with Crippen molar-refractivity contribution in [1.82, 2.24) is 4.98 Å². The van der Waals surface area contributed by atoms with E-state index >= 15 is 0 Å². The van der Waals surface area contributed by atoms with E-state index in [0.717, 1.165) is 6.42 Å². The Hall–Kier alpha value is -1.33. The van der Waals surface area contributed by atoms with Crippen LogP contribution in [-0.2, 0) is 0 Å². The van der Waals surface area contributed by atoms with Gasteiger partial charge in [-0.25, -0.2) is 0 Å². The van der Waals surface area contributed by atoms with E-state index in [1.165, 1.54) is 4.90 Å². The molecule has 96 valence electrons. The van der Waals surface area contributed by atoms with Gasteiger partial charge >= 0.3 is 0 Å². The minimum atomic E-state index is -1.62. The third-order valence-electron chi connectivity index (χ3n) is 2.45. The van der Waals surface area contributed by atoms with E-state index in [1.807, 2.05) is 6.92 Å². The molecule has 6 heteroatoms. The Morgan fingerprint density at radius 1 is 1.00 bits per heavy atom. The average Bonchev–Trinajstić information content (AvgIpc) is 2.31. The number of rotatable bonds is 5. The van der Waals surface area contributed by atoms with Gasteiger partial charge < -0.3 is 4.90 Å². The molecule has 0 aromatic carbocycles. The average molecular weight is 250 g/mol. The highest BCUT2D eigenvalue weighted by Crippen LogP contribution is 2.26. The molecular weight excluding hydrogens is 236 g/mol. The number of pyridine rings is 1. The van der Waals surface area contributed by atoms with Crippen molar-refractivity contribution in [2.45, 2.75) is 26.7 Å². The molecule has 0 atom stereocenters. The summed E-state index contributed by atoms with van der Waals surface area (Å²) >= 11 is 0. The van der Waals surface area contributed by atoms with Gasteiger partial charge in [-0.15, -0.1) is 0 Å². The first-order valence-electron chi connectivity index (χ1n) is 5.47. The SMILES string of the molecule is CCCCN(CC)c1c(F)c(F)nc(F)c1F. The molecule has 0 aliphatic heterocycles. The highest BCUT2D eigenvalue weighted by molar-refractivity contribution is 5.48. The van der Waals surface area contributed by atoms with E-state index in [-0.39, 0.29) is 6.54 Å². The van der Waals surface area contributed by atoms with Gasteiger partial charge in [-0.2, -0.15) is 22.5 Å². The summed E-state index contributed by atoms with van der Waals surface area (Å²) in [7, 11) is 0. The van der Waals surface area contributed by atoms with Crippen LogP contribution in [0.4, 0.5) is 23.2 Å². The van der Waals surface area contributed by atoms with Gasteiger partial charge in [0.1, 0.15) is 5.69 Å². The standard InChI is InChI=1S/C11H14F4N2/c1-3-5-6-17(4-2)9-7(12)10(14)16-11(15)8(9)13/h3-6H2,1-2H3. The molecule has 0 N–H and O–H groups in total. The Balaban J connectivity index is 3.17. The zero-order valence-corrected chi connectivity index (χ0v) is 9.73. The van der Waals surface area contributed by atoms with Gasteiger partial charge in [0.05, 0.1) is 0 Å². The Morgan fingerprint density at radius 2 is 1.53 bits per heavy atom. The maximum absolute atomic E-state index is 13.4. The first-order chi connectivity index (χ1) is 8.02. The normalized spacial score (nSPS) is 10.7. The van der Waals surface area contributed by atoms with Crippen molar-refractivity contribution in [2.75, 3.05) is 18.0 Å². The van der Waals surface area contributed by atoms with Crippen molar-refractivity contribution in [3.8, 4) is 0 Å². The Morgan fingerprint density at radius 3 is 1.94 bits per heavy atom. The van der Waals surface area contributed by atoms with Gasteiger partial charge in [-0.3, -0.25) is 0 Å². The maximum atomic E-state index is 13.4. The molecule has 0 amide bonds. The van der Waals surface area contributed by atoms with Gasteiger partial charge in [0.25, 0.3) is 11.9 Å². The first-order valence-corrected chi connectivity index (χ1v) is 5.47. The van der Waals surface area contributed by atoms with Gasteiger partial charge in [0.15, 0.2) is 0 Å². The van der Waals surface area contributed by atoms with Crippen LogP contribution in [-0.4, -0.2) is 18.1 Å². The van der Waals surface area contributed by atoms with Crippen LogP contribution in [0.1, 0.15) is 26.7 Å². The minimum Gasteiger partial charge on any atom is -0.367 e. The fourth-order valence-electron chi connectivity index (χ4n) is 1.53. The van der Waals surface area contributed by atoms with Crippen molar-refractivity contribution >= 4 is 5.69 Å². The van der Waals surface area contributed by atoms with Gasteiger partial charge in [0.2, 0.25) is 11.6 Å². The monoisotopic (exact) mass is 250 g/mol. The lowest BCUT2D eigenvalue weighted by molar-refractivity contribution is 0.405. The smallest absolute Gasteiger partial charge is 0.253 e. The number of halogens is 4. The Kier molecular flexibility index (Phi) is 4.72. The number of anilines is 1. The number of hydrogen-bond donors (Lipinski definition) is 0. The van der Waals surface area contributed by atoms with E-state index < -0.39 is 29.2 Å². The third-order valence-corrected chi connectivity index (χ3v) is 2.45. The summed E-state index contributed by atoms with van der Waals surface area (Å²) in [4.78, 5) is 3.79. The molecule has 0 unspecified atom stereocenters. The summed E-state index contributed by atoms with van der Waals surface area (Å²) in [6.07, 6.45) is 1.49. The van der Waals surface area contributed by atoms with E-state index in [4.69, 9.17) is 0 Å². The molecule has 0 saturated carbocycles. The lowest BCUT2D eigenvalue weighted by Crippen LogP contribution is -2.27. The predicted octanol–water partition coefficient (Wildman–Crippen LogP) is 3.26. The lowest BCUT2D eigenvalue weighted by atomic mass is 10.2. The maximum Gasteiger partial charge on any atom is 0.253 e. The largest absolute Gasteiger partial charge is 0.367 e. The number of hydrogen-bond acceptors (Lipinski definition) is 2. The van der Waals surface area contributed by atoms with Crippen LogP contribution in [0, 0.1) is 23.5 Å². The summed E-state index contributed by atoms with van der Waals surface area (Å²) < 4.78 is 52.7. The molecule has 0 aliphatic carbocycles. The molecule has 0 bridgehead atoms. The molecule has 17 heavy (non-hydrogen) atoms. The molecule has 1 rings (SSSR count). The van der Waals surface area contributed by atoms with Crippen molar-refractivity contribution in [1.29, 1.82) is 0 Å². The Labute approximate surface area is 97.3 Å². The zero-order chi connectivity index (χ0) is 13.0. The summed E-state index contributed by atoms with van der Waals surface area (Å²) in [5.41, 5.74) is -0.675. The van der Waals surface area contributed by atoms with Crippen LogP contribution >= 0.6 is 0 Å². The molecule has 1 aromatic heterocycles. The summed E-state index contributed by atoms with van der Waals surface area (Å²) in [6.45, 7) is 4.17. The fraction of sp³-hybridized carbons (Fsp3) is 0.545. The quantitative estimate of drug-likeness (QED) is 0.589. The lowest BCUT2D eigenvalue weighted by Gasteiger charge is -2.23. The molecule has 1 aromatic rings. The van der Waals surface area contributed by atoms with Gasteiger partial charge in [-0.1, -0.05) is 13.3 Å². The van der Waals surface area contributed by atoms with E-state index in [1.54, 1.807) is 6.92 Å². The van der Waals surface area contributed by atoms with E-state index in [0.29, 0.717) is 13.0 Å². The van der Waals surface area contributed by atoms with Crippen LogP contribution in [0.2, 0.25) is 0 Å². The van der Waals surface area contributed by atoms with E-state index in [9.17, 15) is 17.6 Å². The Bertz CT molecular complexity index is 369. The second kappa shape index (κ2) is 5.84. The zero-order valence-electron chi connectivity index (χ0n) is 9.73. The molecule has 2 nitrogen and oxygen atoms in total. The van der Waals surface area contributed by atoms with Crippen LogP contribution < -0.4 is 4.90 Å². The van der Waals surface area contributed by atoms with Crippen molar-refractivity contribution in [2.24, 2.45) is 0 Å². The molecule has 1 heterocycles. The highest BCUT2D eigenvalue weighted by atomic mass is 19.2. The first kappa shape index (κ1) is 13.7. The second-order valence-electron chi connectivity index (χ2n) is 3.60.